The van der Waals surface area contributed by atoms with E-state index in [1.165, 1.54) is 12.8 Å². The Morgan fingerprint density at radius 2 is 2.00 bits per heavy atom. The van der Waals surface area contributed by atoms with Crippen LogP contribution in [0.15, 0.2) is 0 Å². The molecule has 2 unspecified atom stereocenters. The first kappa shape index (κ1) is 17.9. The Morgan fingerprint density at radius 1 is 1.35 bits per heavy atom. The second-order valence-electron chi connectivity index (χ2n) is 6.66. The molecule has 4 nitrogen and oxygen atoms in total. The molecule has 1 rings (SSSR count). The number of nitrogens with zero attached hydrogens (tertiary/aromatic N) is 1. The highest BCUT2D eigenvalue weighted by atomic mass is 16.5. The molecule has 120 valence electrons. The third kappa shape index (κ3) is 4.99. The summed E-state index contributed by atoms with van der Waals surface area (Å²) < 4.78 is 5.64. The van der Waals surface area contributed by atoms with E-state index in [1.54, 1.807) is 0 Å². The Balaban J connectivity index is 2.67. The molecule has 0 saturated carbocycles. The fourth-order valence-electron chi connectivity index (χ4n) is 2.84. The fourth-order valence-corrected chi connectivity index (χ4v) is 2.84. The van der Waals surface area contributed by atoms with Crippen molar-refractivity contribution in [3.8, 4) is 0 Å². The highest BCUT2D eigenvalue weighted by molar-refractivity contribution is 4.87. The van der Waals surface area contributed by atoms with Gasteiger partial charge in [0.25, 0.3) is 0 Å². The van der Waals surface area contributed by atoms with Crippen molar-refractivity contribution in [1.82, 2.24) is 10.2 Å². The summed E-state index contributed by atoms with van der Waals surface area (Å²) >= 11 is 0. The number of hydrogen-bond acceptors (Lipinski definition) is 4. The van der Waals surface area contributed by atoms with E-state index in [1.807, 2.05) is 0 Å². The first-order chi connectivity index (χ1) is 9.46. The van der Waals surface area contributed by atoms with Crippen LogP contribution < -0.4 is 5.32 Å². The van der Waals surface area contributed by atoms with Crippen molar-refractivity contribution in [2.45, 2.75) is 65.6 Å². The van der Waals surface area contributed by atoms with Crippen LogP contribution in [0.2, 0.25) is 0 Å². The molecule has 0 radical (unpaired) electrons. The Hall–Kier alpha value is -0.160. The smallest absolute Gasteiger partial charge is 0.0933 e. The normalized spacial score (nSPS) is 25.4. The van der Waals surface area contributed by atoms with Gasteiger partial charge in [-0.05, 0) is 25.2 Å². The lowest BCUT2D eigenvalue weighted by Gasteiger charge is -2.44. The van der Waals surface area contributed by atoms with Crippen molar-refractivity contribution >= 4 is 0 Å². The lowest BCUT2D eigenvalue weighted by atomic mass is 9.81. The lowest BCUT2D eigenvalue weighted by molar-refractivity contribution is -0.0888. The highest BCUT2D eigenvalue weighted by Crippen LogP contribution is 2.29. The van der Waals surface area contributed by atoms with Gasteiger partial charge in [-0.2, -0.15) is 0 Å². The number of aliphatic hydroxyl groups excluding tert-OH is 1. The second-order valence-corrected chi connectivity index (χ2v) is 6.66. The number of aliphatic hydroxyl groups is 1. The van der Waals surface area contributed by atoms with Gasteiger partial charge < -0.3 is 15.2 Å². The molecule has 0 bridgehead atoms. The zero-order valence-electron chi connectivity index (χ0n) is 14.0. The van der Waals surface area contributed by atoms with Crippen LogP contribution in [-0.2, 0) is 4.74 Å². The van der Waals surface area contributed by atoms with Gasteiger partial charge in [-0.25, -0.2) is 0 Å². The van der Waals surface area contributed by atoms with Gasteiger partial charge in [0.05, 0.1) is 19.3 Å². The van der Waals surface area contributed by atoms with Gasteiger partial charge in [0.1, 0.15) is 0 Å². The molecule has 0 aliphatic carbocycles. The maximum absolute atomic E-state index is 9.32. The van der Waals surface area contributed by atoms with Gasteiger partial charge >= 0.3 is 0 Å². The number of nitrogens with one attached hydrogen (secondary N) is 1. The minimum Gasteiger partial charge on any atom is -0.394 e. The number of morpholine rings is 1. The number of hydrogen-bond donors (Lipinski definition) is 2. The SMILES string of the molecule is CCC(CC)(CNC(C)C)CN1CC(CO)OCC1C. The van der Waals surface area contributed by atoms with Gasteiger partial charge in [0, 0.05) is 31.7 Å². The zero-order chi connectivity index (χ0) is 15.2. The maximum Gasteiger partial charge on any atom is 0.0933 e. The summed E-state index contributed by atoms with van der Waals surface area (Å²) in [4.78, 5) is 2.50. The Labute approximate surface area is 124 Å². The van der Waals surface area contributed by atoms with E-state index in [0.717, 1.165) is 26.2 Å². The average molecular weight is 286 g/mol. The predicted octanol–water partition coefficient (Wildman–Crippen LogP) is 1.87. The van der Waals surface area contributed by atoms with Crippen LogP contribution in [0, 0.1) is 5.41 Å². The lowest BCUT2D eigenvalue weighted by Crippen LogP contribution is -2.54. The Bertz CT molecular complexity index is 267. The minimum absolute atomic E-state index is 0.0179. The van der Waals surface area contributed by atoms with Gasteiger partial charge in [0.15, 0.2) is 0 Å². The zero-order valence-corrected chi connectivity index (χ0v) is 14.0. The van der Waals surface area contributed by atoms with Gasteiger partial charge in [-0.1, -0.05) is 27.7 Å². The summed E-state index contributed by atoms with van der Waals surface area (Å²) in [6.07, 6.45) is 2.34. The summed E-state index contributed by atoms with van der Waals surface area (Å²) in [6.45, 7) is 15.1. The third-order valence-corrected chi connectivity index (χ3v) is 4.76. The van der Waals surface area contributed by atoms with Crippen molar-refractivity contribution in [3.05, 3.63) is 0 Å². The van der Waals surface area contributed by atoms with Crippen molar-refractivity contribution in [2.24, 2.45) is 5.41 Å². The quantitative estimate of drug-likeness (QED) is 0.715. The van der Waals surface area contributed by atoms with Crippen molar-refractivity contribution in [2.75, 3.05) is 32.8 Å². The summed E-state index contributed by atoms with van der Waals surface area (Å²) in [6, 6.07) is 0.967. The maximum atomic E-state index is 9.32. The van der Waals surface area contributed by atoms with Gasteiger partial charge in [-0.15, -0.1) is 0 Å². The van der Waals surface area contributed by atoms with E-state index in [4.69, 9.17) is 4.74 Å². The van der Waals surface area contributed by atoms with Crippen LogP contribution in [0.4, 0.5) is 0 Å². The molecule has 2 atom stereocenters. The number of rotatable bonds is 8. The van der Waals surface area contributed by atoms with Gasteiger partial charge in [-0.3, -0.25) is 4.90 Å². The molecule has 0 amide bonds. The average Bonchev–Trinajstić information content (AvgIpc) is 2.45. The van der Waals surface area contributed by atoms with Crippen molar-refractivity contribution in [1.29, 1.82) is 0 Å². The van der Waals surface area contributed by atoms with Crippen LogP contribution in [0.5, 0.6) is 0 Å². The molecule has 2 N–H and O–H groups in total. The monoisotopic (exact) mass is 286 g/mol. The summed E-state index contributed by atoms with van der Waals surface area (Å²) in [5, 5.41) is 12.9. The summed E-state index contributed by atoms with van der Waals surface area (Å²) in [7, 11) is 0. The third-order valence-electron chi connectivity index (χ3n) is 4.76. The van der Waals surface area contributed by atoms with E-state index in [0.29, 0.717) is 17.5 Å². The van der Waals surface area contributed by atoms with Crippen LogP contribution >= 0.6 is 0 Å². The molecule has 1 fully saturated rings. The van der Waals surface area contributed by atoms with E-state index >= 15 is 0 Å². The molecular formula is C16H34N2O2. The van der Waals surface area contributed by atoms with E-state index < -0.39 is 0 Å². The first-order valence-electron chi connectivity index (χ1n) is 8.16. The standard InChI is InChI=1S/C16H34N2O2/c1-6-16(7-2,11-17-13(3)4)12-18-8-15(9-19)20-10-14(18)5/h13-15,17,19H,6-12H2,1-5H3. The molecular weight excluding hydrogens is 252 g/mol. The molecule has 1 saturated heterocycles. The molecule has 0 spiro atoms. The number of ether oxygens (including phenoxy) is 1. The van der Waals surface area contributed by atoms with Crippen LogP contribution in [0.1, 0.15) is 47.5 Å². The summed E-state index contributed by atoms with van der Waals surface area (Å²) in [5.41, 5.74) is 0.315. The second kappa shape index (κ2) is 8.32. The van der Waals surface area contributed by atoms with Crippen LogP contribution in [0.3, 0.4) is 0 Å². The first-order valence-corrected chi connectivity index (χ1v) is 8.16. The molecule has 20 heavy (non-hydrogen) atoms. The molecule has 1 aliphatic rings. The summed E-state index contributed by atoms with van der Waals surface area (Å²) in [5.74, 6) is 0. The van der Waals surface area contributed by atoms with E-state index in [9.17, 15) is 5.11 Å². The Morgan fingerprint density at radius 3 is 2.50 bits per heavy atom. The molecule has 1 heterocycles. The van der Waals surface area contributed by atoms with E-state index in [-0.39, 0.29) is 12.7 Å². The van der Waals surface area contributed by atoms with E-state index in [2.05, 4.69) is 44.8 Å². The fraction of sp³-hybridized carbons (Fsp3) is 1.00. The molecule has 4 heteroatoms. The van der Waals surface area contributed by atoms with Crippen LogP contribution in [0.25, 0.3) is 0 Å². The molecule has 0 aromatic heterocycles. The minimum atomic E-state index is -0.0179. The van der Waals surface area contributed by atoms with Crippen molar-refractivity contribution < 1.29 is 9.84 Å². The van der Waals surface area contributed by atoms with Crippen LogP contribution in [-0.4, -0.2) is 61.0 Å². The topological polar surface area (TPSA) is 44.7 Å². The largest absolute Gasteiger partial charge is 0.394 e. The highest BCUT2D eigenvalue weighted by Gasteiger charge is 2.34. The predicted molar refractivity (Wildman–Crippen MR) is 84.0 cm³/mol. The molecule has 0 aromatic carbocycles. The molecule has 0 aromatic rings. The van der Waals surface area contributed by atoms with Gasteiger partial charge in [0.2, 0.25) is 0 Å². The molecule has 1 aliphatic heterocycles. The van der Waals surface area contributed by atoms with Crippen molar-refractivity contribution in [3.63, 3.8) is 0 Å². The Kier molecular flexibility index (Phi) is 7.45.